The van der Waals surface area contributed by atoms with Crippen LogP contribution in [0.4, 0.5) is 0 Å². The maximum absolute atomic E-state index is 5.95. The van der Waals surface area contributed by atoms with Crippen molar-refractivity contribution in [2.75, 3.05) is 13.2 Å². The summed E-state index contributed by atoms with van der Waals surface area (Å²) in [6.45, 7) is 4.15. The van der Waals surface area contributed by atoms with Crippen molar-refractivity contribution >= 4 is 22.6 Å². The lowest BCUT2D eigenvalue weighted by Gasteiger charge is -2.22. The highest BCUT2D eigenvalue weighted by molar-refractivity contribution is 14.1. The van der Waals surface area contributed by atoms with Gasteiger partial charge in [0.2, 0.25) is 0 Å². The molecule has 0 heterocycles. The Morgan fingerprint density at radius 3 is 2.60 bits per heavy atom. The molecule has 1 N–H and O–H groups in total. The van der Waals surface area contributed by atoms with E-state index in [9.17, 15) is 0 Å². The SMILES string of the molecule is CC(NCCCOC1CCCCC1)c1ccc(I)cc1. The van der Waals surface area contributed by atoms with Crippen LogP contribution in [-0.2, 0) is 4.74 Å². The van der Waals surface area contributed by atoms with Crippen molar-refractivity contribution < 1.29 is 4.74 Å². The molecule has 0 radical (unpaired) electrons. The van der Waals surface area contributed by atoms with Crippen LogP contribution in [-0.4, -0.2) is 19.3 Å². The fourth-order valence-corrected chi connectivity index (χ4v) is 3.10. The van der Waals surface area contributed by atoms with Crippen LogP contribution in [0, 0.1) is 3.57 Å². The molecule has 1 atom stereocenters. The third-order valence-corrected chi connectivity index (χ3v) is 4.77. The number of benzene rings is 1. The third kappa shape index (κ3) is 5.70. The summed E-state index contributed by atoms with van der Waals surface area (Å²) in [7, 11) is 0. The lowest BCUT2D eigenvalue weighted by Crippen LogP contribution is -2.23. The molecule has 1 unspecified atom stereocenters. The van der Waals surface area contributed by atoms with E-state index in [1.54, 1.807) is 0 Å². The average molecular weight is 387 g/mol. The summed E-state index contributed by atoms with van der Waals surface area (Å²) in [5.41, 5.74) is 1.36. The zero-order chi connectivity index (χ0) is 14.2. The second-order valence-corrected chi connectivity index (χ2v) is 6.96. The summed E-state index contributed by atoms with van der Waals surface area (Å²) < 4.78 is 7.24. The first-order valence-corrected chi connectivity index (χ1v) is 8.94. The normalized spacial score (nSPS) is 18.1. The van der Waals surface area contributed by atoms with Gasteiger partial charge in [0.1, 0.15) is 0 Å². The van der Waals surface area contributed by atoms with Crippen LogP contribution in [0.3, 0.4) is 0 Å². The summed E-state index contributed by atoms with van der Waals surface area (Å²) in [4.78, 5) is 0. The van der Waals surface area contributed by atoms with Gasteiger partial charge in [-0.25, -0.2) is 0 Å². The fourth-order valence-electron chi connectivity index (χ4n) is 2.74. The minimum Gasteiger partial charge on any atom is -0.378 e. The number of halogens is 1. The second kappa shape index (κ2) is 9.00. The highest BCUT2D eigenvalue weighted by atomic mass is 127. The monoisotopic (exact) mass is 387 g/mol. The molecule has 0 amide bonds. The van der Waals surface area contributed by atoms with Gasteiger partial charge in [0.15, 0.2) is 0 Å². The minimum atomic E-state index is 0.418. The van der Waals surface area contributed by atoms with Crippen LogP contribution in [0.1, 0.15) is 57.1 Å². The summed E-state index contributed by atoms with van der Waals surface area (Å²) in [6.07, 6.45) is 8.29. The Kier molecular flexibility index (Phi) is 7.31. The molecule has 0 saturated heterocycles. The fraction of sp³-hybridized carbons (Fsp3) is 0.647. The Morgan fingerprint density at radius 1 is 1.20 bits per heavy atom. The van der Waals surface area contributed by atoms with Crippen LogP contribution in [0.15, 0.2) is 24.3 Å². The lowest BCUT2D eigenvalue weighted by atomic mass is 9.98. The highest BCUT2D eigenvalue weighted by Gasteiger charge is 2.13. The number of hydrogen-bond acceptors (Lipinski definition) is 2. The molecule has 1 aliphatic rings. The molecule has 0 aromatic heterocycles. The van der Waals surface area contributed by atoms with Crippen molar-refractivity contribution in [3.8, 4) is 0 Å². The number of ether oxygens (including phenoxy) is 1. The van der Waals surface area contributed by atoms with E-state index >= 15 is 0 Å². The topological polar surface area (TPSA) is 21.3 Å². The van der Waals surface area contributed by atoms with Gasteiger partial charge in [0.25, 0.3) is 0 Å². The van der Waals surface area contributed by atoms with Crippen molar-refractivity contribution in [2.24, 2.45) is 0 Å². The van der Waals surface area contributed by atoms with Gasteiger partial charge in [0.05, 0.1) is 6.10 Å². The second-order valence-electron chi connectivity index (χ2n) is 5.71. The zero-order valence-corrected chi connectivity index (χ0v) is 14.6. The standard InChI is InChI=1S/C17H26INO/c1-14(15-8-10-16(18)11-9-15)19-12-5-13-20-17-6-3-2-4-7-17/h8-11,14,17,19H,2-7,12-13H2,1H3. The predicted octanol–water partition coefficient (Wildman–Crippen LogP) is 4.68. The summed E-state index contributed by atoms with van der Waals surface area (Å²) in [5, 5.41) is 3.57. The Bertz CT molecular complexity index is 373. The molecule has 1 aromatic rings. The van der Waals surface area contributed by atoms with E-state index in [-0.39, 0.29) is 0 Å². The molecular formula is C17H26INO. The maximum atomic E-state index is 5.95. The minimum absolute atomic E-state index is 0.418. The summed E-state index contributed by atoms with van der Waals surface area (Å²) in [6, 6.07) is 9.16. The highest BCUT2D eigenvalue weighted by Crippen LogP contribution is 2.20. The Hall–Kier alpha value is -0.130. The van der Waals surface area contributed by atoms with E-state index in [0.717, 1.165) is 19.6 Å². The van der Waals surface area contributed by atoms with Crippen molar-refractivity contribution in [2.45, 2.75) is 57.6 Å². The van der Waals surface area contributed by atoms with Gasteiger partial charge in [-0.1, -0.05) is 31.4 Å². The third-order valence-electron chi connectivity index (χ3n) is 4.05. The van der Waals surface area contributed by atoms with Gasteiger partial charge < -0.3 is 10.1 Å². The Labute approximate surface area is 136 Å². The van der Waals surface area contributed by atoms with Crippen molar-refractivity contribution in [3.05, 3.63) is 33.4 Å². The molecule has 1 aliphatic carbocycles. The van der Waals surface area contributed by atoms with Crippen LogP contribution >= 0.6 is 22.6 Å². The van der Waals surface area contributed by atoms with Crippen molar-refractivity contribution in [1.29, 1.82) is 0 Å². The van der Waals surface area contributed by atoms with Crippen molar-refractivity contribution in [3.63, 3.8) is 0 Å². The van der Waals surface area contributed by atoms with Gasteiger partial charge >= 0.3 is 0 Å². The van der Waals surface area contributed by atoms with E-state index in [2.05, 4.69) is 59.1 Å². The Morgan fingerprint density at radius 2 is 1.90 bits per heavy atom. The van der Waals surface area contributed by atoms with Crippen molar-refractivity contribution in [1.82, 2.24) is 5.32 Å². The van der Waals surface area contributed by atoms with E-state index in [4.69, 9.17) is 4.74 Å². The number of rotatable bonds is 7. The van der Waals surface area contributed by atoms with Crippen LogP contribution in [0.2, 0.25) is 0 Å². The van der Waals surface area contributed by atoms with Crippen LogP contribution < -0.4 is 5.32 Å². The molecule has 1 saturated carbocycles. The quantitative estimate of drug-likeness (QED) is 0.542. The van der Waals surface area contributed by atoms with Gasteiger partial charge in [-0.3, -0.25) is 0 Å². The first-order chi connectivity index (χ1) is 9.75. The molecule has 2 nitrogen and oxygen atoms in total. The van der Waals surface area contributed by atoms with Crippen LogP contribution in [0.5, 0.6) is 0 Å². The predicted molar refractivity (Wildman–Crippen MR) is 93.0 cm³/mol. The molecule has 2 rings (SSSR count). The number of nitrogens with one attached hydrogen (secondary N) is 1. The van der Waals surface area contributed by atoms with E-state index in [1.807, 2.05) is 0 Å². The van der Waals surface area contributed by atoms with Gasteiger partial charge in [-0.15, -0.1) is 0 Å². The van der Waals surface area contributed by atoms with E-state index in [1.165, 1.54) is 41.2 Å². The molecule has 112 valence electrons. The molecule has 1 aromatic carbocycles. The molecule has 0 spiro atoms. The summed E-state index contributed by atoms with van der Waals surface area (Å²) >= 11 is 2.34. The average Bonchev–Trinajstić information content (AvgIpc) is 2.48. The van der Waals surface area contributed by atoms with E-state index in [0.29, 0.717) is 12.1 Å². The maximum Gasteiger partial charge on any atom is 0.0575 e. The molecule has 20 heavy (non-hydrogen) atoms. The first-order valence-electron chi connectivity index (χ1n) is 7.86. The molecule has 0 bridgehead atoms. The molecule has 3 heteroatoms. The largest absolute Gasteiger partial charge is 0.378 e. The van der Waals surface area contributed by atoms with Gasteiger partial charge in [0, 0.05) is 16.2 Å². The summed E-state index contributed by atoms with van der Waals surface area (Å²) in [5.74, 6) is 0. The lowest BCUT2D eigenvalue weighted by molar-refractivity contribution is 0.0271. The van der Waals surface area contributed by atoms with Gasteiger partial charge in [-0.05, 0) is 73.0 Å². The first kappa shape index (κ1) is 16.2. The number of hydrogen-bond donors (Lipinski definition) is 1. The molecular weight excluding hydrogens is 361 g/mol. The zero-order valence-electron chi connectivity index (χ0n) is 12.4. The Balaban J connectivity index is 1.57. The van der Waals surface area contributed by atoms with Gasteiger partial charge in [-0.2, -0.15) is 0 Å². The molecule has 1 fully saturated rings. The van der Waals surface area contributed by atoms with Crippen LogP contribution in [0.25, 0.3) is 0 Å². The smallest absolute Gasteiger partial charge is 0.0575 e. The molecule has 0 aliphatic heterocycles. The van der Waals surface area contributed by atoms with E-state index < -0.39 is 0 Å².